The lowest BCUT2D eigenvalue weighted by molar-refractivity contribution is 0.288. The van der Waals surface area contributed by atoms with Crippen LogP contribution in [0.15, 0.2) is 40.9 Å². The minimum atomic E-state index is -0.0975. The molecule has 0 amide bonds. The van der Waals surface area contributed by atoms with Crippen molar-refractivity contribution in [3.63, 3.8) is 0 Å². The fourth-order valence-corrected chi connectivity index (χ4v) is 3.08. The van der Waals surface area contributed by atoms with Crippen molar-refractivity contribution >= 4 is 15.9 Å². The summed E-state index contributed by atoms with van der Waals surface area (Å²) in [5.74, 6) is 1.01. The Morgan fingerprint density at radius 3 is 2.90 bits per heavy atom. The third-order valence-electron chi connectivity index (χ3n) is 3.87. The molecule has 0 bridgehead atoms. The van der Waals surface area contributed by atoms with E-state index in [9.17, 15) is 0 Å². The number of benzene rings is 2. The molecule has 0 aromatic heterocycles. The van der Waals surface area contributed by atoms with Gasteiger partial charge in [-0.2, -0.15) is 0 Å². The zero-order chi connectivity index (χ0) is 14.1. The third-order valence-corrected chi connectivity index (χ3v) is 4.36. The van der Waals surface area contributed by atoms with Crippen LogP contribution < -0.4 is 10.5 Å². The normalized spacial score (nSPS) is 15.3. The van der Waals surface area contributed by atoms with Crippen LogP contribution in [0, 0.1) is 6.92 Å². The van der Waals surface area contributed by atoms with Gasteiger partial charge in [0, 0.05) is 4.47 Å². The van der Waals surface area contributed by atoms with E-state index < -0.39 is 0 Å². The Labute approximate surface area is 128 Å². The van der Waals surface area contributed by atoms with Crippen LogP contribution in [0.5, 0.6) is 5.75 Å². The smallest absolute Gasteiger partial charge is 0.122 e. The highest BCUT2D eigenvalue weighted by Crippen LogP contribution is 2.31. The van der Waals surface area contributed by atoms with Gasteiger partial charge in [-0.25, -0.2) is 0 Å². The van der Waals surface area contributed by atoms with Crippen molar-refractivity contribution in [2.75, 3.05) is 6.61 Å². The molecule has 0 saturated carbocycles. The third kappa shape index (κ3) is 2.60. The number of halogens is 1. The first-order valence-electron chi connectivity index (χ1n) is 6.92. The molecule has 2 aromatic carbocycles. The number of hydrogen-bond donors (Lipinski definition) is 1. The van der Waals surface area contributed by atoms with Crippen molar-refractivity contribution in [2.24, 2.45) is 5.73 Å². The lowest BCUT2D eigenvalue weighted by atomic mass is 9.93. The van der Waals surface area contributed by atoms with Gasteiger partial charge in [0.15, 0.2) is 0 Å². The summed E-state index contributed by atoms with van der Waals surface area (Å²) in [4.78, 5) is 0. The highest BCUT2D eigenvalue weighted by Gasteiger charge is 2.16. The molecular formula is C17H18BrNO. The number of fused-ring (bicyclic) bond motifs is 1. The standard InChI is InChI=1S/C17H18BrNO/c1-11-4-6-14(18)10-15(11)17(19)13-5-7-16-12(9-13)3-2-8-20-16/h4-7,9-10,17H,2-3,8,19H2,1H3. The van der Waals surface area contributed by atoms with Crippen LogP contribution in [0.4, 0.5) is 0 Å². The molecule has 0 spiro atoms. The van der Waals surface area contributed by atoms with Gasteiger partial charge in [0.25, 0.3) is 0 Å². The van der Waals surface area contributed by atoms with Gasteiger partial charge in [-0.3, -0.25) is 0 Å². The van der Waals surface area contributed by atoms with E-state index in [4.69, 9.17) is 10.5 Å². The van der Waals surface area contributed by atoms with Gasteiger partial charge < -0.3 is 10.5 Å². The van der Waals surface area contributed by atoms with Gasteiger partial charge in [0.05, 0.1) is 12.6 Å². The maximum atomic E-state index is 6.46. The van der Waals surface area contributed by atoms with Crippen molar-refractivity contribution in [3.05, 3.63) is 63.1 Å². The highest BCUT2D eigenvalue weighted by molar-refractivity contribution is 9.10. The molecule has 3 rings (SSSR count). The van der Waals surface area contributed by atoms with Gasteiger partial charge in [-0.1, -0.05) is 34.1 Å². The van der Waals surface area contributed by atoms with E-state index in [-0.39, 0.29) is 6.04 Å². The molecular weight excluding hydrogens is 314 g/mol. The fourth-order valence-electron chi connectivity index (χ4n) is 2.70. The zero-order valence-corrected chi connectivity index (χ0v) is 13.1. The molecule has 1 unspecified atom stereocenters. The summed E-state index contributed by atoms with van der Waals surface area (Å²) in [5.41, 5.74) is 11.3. The van der Waals surface area contributed by atoms with Gasteiger partial charge in [-0.05, 0) is 60.2 Å². The molecule has 2 nitrogen and oxygen atoms in total. The van der Waals surface area contributed by atoms with Crippen molar-refractivity contribution in [1.29, 1.82) is 0 Å². The van der Waals surface area contributed by atoms with Crippen LogP contribution in [0.3, 0.4) is 0 Å². The van der Waals surface area contributed by atoms with Crippen LogP contribution in [0.2, 0.25) is 0 Å². The summed E-state index contributed by atoms with van der Waals surface area (Å²) in [7, 11) is 0. The van der Waals surface area contributed by atoms with Crippen molar-refractivity contribution in [1.82, 2.24) is 0 Å². The van der Waals surface area contributed by atoms with Crippen molar-refractivity contribution in [3.8, 4) is 5.75 Å². The lowest BCUT2D eigenvalue weighted by Crippen LogP contribution is -2.15. The molecule has 104 valence electrons. The number of nitrogens with two attached hydrogens (primary N) is 1. The van der Waals surface area contributed by atoms with Crippen LogP contribution in [-0.4, -0.2) is 6.61 Å². The Morgan fingerprint density at radius 1 is 1.20 bits per heavy atom. The minimum absolute atomic E-state index is 0.0975. The molecule has 0 saturated heterocycles. The Hall–Kier alpha value is -1.32. The highest BCUT2D eigenvalue weighted by atomic mass is 79.9. The van der Waals surface area contributed by atoms with Crippen molar-refractivity contribution in [2.45, 2.75) is 25.8 Å². The van der Waals surface area contributed by atoms with Crippen LogP contribution in [0.25, 0.3) is 0 Å². The van der Waals surface area contributed by atoms with Crippen LogP contribution in [0.1, 0.15) is 34.7 Å². The second kappa shape index (κ2) is 5.58. The molecule has 1 heterocycles. The Bertz CT molecular complexity index is 639. The second-order valence-electron chi connectivity index (χ2n) is 5.30. The first-order valence-corrected chi connectivity index (χ1v) is 7.72. The van der Waals surface area contributed by atoms with E-state index in [0.717, 1.165) is 40.8 Å². The maximum absolute atomic E-state index is 6.46. The summed E-state index contributed by atoms with van der Waals surface area (Å²) in [5, 5.41) is 0. The zero-order valence-electron chi connectivity index (χ0n) is 11.5. The van der Waals surface area contributed by atoms with Crippen molar-refractivity contribution < 1.29 is 4.74 Å². The molecule has 1 aliphatic heterocycles. The quantitative estimate of drug-likeness (QED) is 0.897. The summed E-state index contributed by atoms with van der Waals surface area (Å²) >= 11 is 3.52. The molecule has 0 aliphatic carbocycles. The topological polar surface area (TPSA) is 35.2 Å². The van der Waals surface area contributed by atoms with Crippen LogP contribution in [-0.2, 0) is 6.42 Å². The Kier molecular flexibility index (Phi) is 3.81. The number of hydrogen-bond acceptors (Lipinski definition) is 2. The predicted octanol–water partition coefficient (Wildman–Crippen LogP) is 4.13. The van der Waals surface area contributed by atoms with Gasteiger partial charge >= 0.3 is 0 Å². The molecule has 0 fully saturated rings. The van der Waals surface area contributed by atoms with Crippen LogP contribution >= 0.6 is 15.9 Å². The summed E-state index contributed by atoms with van der Waals surface area (Å²) in [6, 6.07) is 12.5. The molecule has 2 N–H and O–H groups in total. The van der Waals surface area contributed by atoms with Gasteiger partial charge in [0.1, 0.15) is 5.75 Å². The summed E-state index contributed by atoms with van der Waals surface area (Å²) in [6.45, 7) is 2.92. The van der Waals surface area contributed by atoms with E-state index in [1.807, 2.05) is 6.07 Å². The average molecular weight is 332 g/mol. The maximum Gasteiger partial charge on any atom is 0.122 e. The van der Waals surface area contributed by atoms with E-state index in [2.05, 4.69) is 53.2 Å². The summed E-state index contributed by atoms with van der Waals surface area (Å²) < 4.78 is 6.72. The lowest BCUT2D eigenvalue weighted by Gasteiger charge is -2.21. The van der Waals surface area contributed by atoms with E-state index in [1.165, 1.54) is 11.1 Å². The molecule has 1 aliphatic rings. The van der Waals surface area contributed by atoms with E-state index in [1.54, 1.807) is 0 Å². The Balaban J connectivity index is 1.97. The van der Waals surface area contributed by atoms with E-state index in [0.29, 0.717) is 0 Å². The first-order chi connectivity index (χ1) is 9.65. The Morgan fingerprint density at radius 2 is 2.05 bits per heavy atom. The predicted molar refractivity (Wildman–Crippen MR) is 85.2 cm³/mol. The van der Waals surface area contributed by atoms with E-state index >= 15 is 0 Å². The average Bonchev–Trinajstić information content (AvgIpc) is 2.48. The molecule has 0 radical (unpaired) electrons. The molecule has 3 heteroatoms. The van der Waals surface area contributed by atoms with Gasteiger partial charge in [-0.15, -0.1) is 0 Å². The minimum Gasteiger partial charge on any atom is -0.493 e. The summed E-state index contributed by atoms with van der Waals surface area (Å²) in [6.07, 6.45) is 2.16. The largest absolute Gasteiger partial charge is 0.493 e. The number of aryl methyl sites for hydroxylation is 2. The fraction of sp³-hybridized carbons (Fsp3) is 0.294. The molecule has 2 aromatic rings. The number of rotatable bonds is 2. The molecule has 1 atom stereocenters. The SMILES string of the molecule is Cc1ccc(Br)cc1C(N)c1ccc2c(c1)CCCO2. The number of ether oxygens (including phenoxy) is 1. The first kappa shape index (κ1) is 13.7. The monoisotopic (exact) mass is 331 g/mol. The molecule has 20 heavy (non-hydrogen) atoms. The second-order valence-corrected chi connectivity index (χ2v) is 6.21. The van der Waals surface area contributed by atoms with Gasteiger partial charge in [0.2, 0.25) is 0 Å².